The van der Waals surface area contributed by atoms with Crippen molar-refractivity contribution in [1.82, 2.24) is 6.15 Å². The molecule has 0 amide bonds. The maximum Gasteiger partial charge on any atom is 0.168 e. The average Bonchev–Trinajstić information content (AvgIpc) is 2.39. The first-order valence-corrected chi connectivity index (χ1v) is 3.46. The lowest BCUT2D eigenvalue weighted by Crippen LogP contribution is -1.77. The molecule has 1 aromatic rings. The Balaban J connectivity index is 0.000000500. The van der Waals surface area contributed by atoms with Gasteiger partial charge in [0.25, 0.3) is 0 Å². The molecule has 1 nitrogen and oxygen atoms in total. The van der Waals surface area contributed by atoms with Crippen LogP contribution in [0.15, 0.2) is 24.3 Å². The molecule has 0 unspecified atom stereocenters. The third kappa shape index (κ3) is 0.823. The fourth-order valence-electron chi connectivity index (χ4n) is 0.963. The summed E-state index contributed by atoms with van der Waals surface area (Å²) in [5, 5.41) is 0. The molecule has 0 radical (unpaired) electrons. The van der Waals surface area contributed by atoms with Crippen LogP contribution in [0.1, 0.15) is 11.1 Å². The van der Waals surface area contributed by atoms with Crippen molar-refractivity contribution in [3.63, 3.8) is 0 Å². The Hall–Kier alpha value is -0.240. The van der Waals surface area contributed by atoms with Crippen molar-refractivity contribution in [2.45, 2.75) is 4.33 Å². The molecule has 1 aromatic carbocycles. The van der Waals surface area contributed by atoms with Crippen molar-refractivity contribution in [2.75, 3.05) is 0 Å². The molecule has 0 saturated heterocycles. The van der Waals surface area contributed by atoms with E-state index < -0.39 is 4.33 Å². The summed E-state index contributed by atoms with van der Waals surface area (Å²) >= 11 is 11.6. The number of halogens is 2. The second-order valence-electron chi connectivity index (χ2n) is 2.12. The number of alkyl halides is 2. The molecule has 1 aliphatic rings. The van der Waals surface area contributed by atoms with Gasteiger partial charge in [0.15, 0.2) is 4.33 Å². The third-order valence-electron chi connectivity index (χ3n) is 1.54. The molecule has 0 aromatic heterocycles. The first kappa shape index (κ1) is 7.86. The van der Waals surface area contributed by atoms with Gasteiger partial charge < -0.3 is 6.15 Å². The molecule has 0 saturated carbocycles. The number of benzene rings is 1. The molecule has 0 heterocycles. The Morgan fingerprint density at radius 2 is 1.40 bits per heavy atom. The summed E-state index contributed by atoms with van der Waals surface area (Å²) in [7, 11) is 0. The lowest BCUT2D eigenvalue weighted by molar-refractivity contribution is 1.36. The topological polar surface area (TPSA) is 35.0 Å². The number of hydrogen-bond acceptors (Lipinski definition) is 1. The van der Waals surface area contributed by atoms with Crippen LogP contribution in [-0.2, 0) is 4.33 Å². The van der Waals surface area contributed by atoms with Crippen LogP contribution in [0.4, 0.5) is 0 Å². The van der Waals surface area contributed by atoms with Gasteiger partial charge in [0.1, 0.15) is 0 Å². The van der Waals surface area contributed by atoms with Crippen LogP contribution in [-0.4, -0.2) is 0 Å². The SMILES string of the molecule is ClC1(Cl)c2ccccc21.N. The van der Waals surface area contributed by atoms with Gasteiger partial charge in [-0.25, -0.2) is 0 Å². The van der Waals surface area contributed by atoms with Gasteiger partial charge in [-0.15, -0.1) is 0 Å². The summed E-state index contributed by atoms with van der Waals surface area (Å²) in [6, 6.07) is 7.75. The molecular weight excluding hydrogens is 169 g/mol. The molecule has 0 aliphatic heterocycles. The molecule has 3 N–H and O–H groups in total. The second kappa shape index (κ2) is 2.12. The first-order valence-electron chi connectivity index (χ1n) is 2.71. The maximum absolute atomic E-state index is 5.80. The van der Waals surface area contributed by atoms with E-state index in [0.717, 1.165) is 11.1 Å². The van der Waals surface area contributed by atoms with Crippen LogP contribution in [0, 0.1) is 0 Å². The highest BCUT2D eigenvalue weighted by atomic mass is 35.5. The van der Waals surface area contributed by atoms with Crippen LogP contribution < -0.4 is 6.15 Å². The fraction of sp³-hybridized carbons (Fsp3) is 0.143. The smallest absolute Gasteiger partial charge is 0.168 e. The van der Waals surface area contributed by atoms with Gasteiger partial charge in [0.05, 0.1) is 0 Å². The van der Waals surface area contributed by atoms with Crippen molar-refractivity contribution in [2.24, 2.45) is 0 Å². The van der Waals surface area contributed by atoms with E-state index in [2.05, 4.69) is 0 Å². The summed E-state index contributed by atoms with van der Waals surface area (Å²) < 4.78 is -0.649. The lowest BCUT2D eigenvalue weighted by Gasteiger charge is -1.86. The number of hydrogen-bond donors (Lipinski definition) is 1. The first-order chi connectivity index (χ1) is 4.23. The Morgan fingerprint density at radius 1 is 1.00 bits per heavy atom. The van der Waals surface area contributed by atoms with Gasteiger partial charge in [-0.3, -0.25) is 0 Å². The Morgan fingerprint density at radius 3 is 1.70 bits per heavy atom. The zero-order chi connectivity index (χ0) is 6.48. The Labute approximate surface area is 69.5 Å². The van der Waals surface area contributed by atoms with Gasteiger partial charge in [-0.1, -0.05) is 47.5 Å². The summed E-state index contributed by atoms with van der Waals surface area (Å²) in [6.07, 6.45) is 0. The van der Waals surface area contributed by atoms with Gasteiger partial charge >= 0.3 is 0 Å². The molecule has 0 bridgehead atoms. The Bertz CT molecular complexity index is 233. The van der Waals surface area contributed by atoms with Crippen molar-refractivity contribution in [3.05, 3.63) is 35.4 Å². The van der Waals surface area contributed by atoms with E-state index in [1.54, 1.807) is 0 Å². The highest BCUT2D eigenvalue weighted by molar-refractivity contribution is 6.53. The maximum atomic E-state index is 5.80. The quantitative estimate of drug-likeness (QED) is 0.606. The predicted octanol–water partition coefficient (Wildman–Crippen LogP) is 2.84. The van der Waals surface area contributed by atoms with Crippen molar-refractivity contribution < 1.29 is 0 Å². The van der Waals surface area contributed by atoms with E-state index in [1.165, 1.54) is 0 Å². The average molecular weight is 176 g/mol. The molecular formula is C7H7Cl2N. The highest BCUT2D eigenvalue weighted by Gasteiger charge is 2.46. The van der Waals surface area contributed by atoms with E-state index >= 15 is 0 Å². The number of rotatable bonds is 0. The van der Waals surface area contributed by atoms with Gasteiger partial charge in [0.2, 0.25) is 0 Å². The van der Waals surface area contributed by atoms with Gasteiger partial charge in [-0.2, -0.15) is 0 Å². The van der Waals surface area contributed by atoms with Crippen LogP contribution in [0.2, 0.25) is 0 Å². The molecule has 1 aliphatic carbocycles. The van der Waals surface area contributed by atoms with Crippen LogP contribution in [0.5, 0.6) is 0 Å². The van der Waals surface area contributed by atoms with E-state index in [4.69, 9.17) is 23.2 Å². The molecule has 54 valence electrons. The van der Waals surface area contributed by atoms with Crippen molar-refractivity contribution in [1.29, 1.82) is 0 Å². The monoisotopic (exact) mass is 175 g/mol. The van der Waals surface area contributed by atoms with Crippen LogP contribution in [0.25, 0.3) is 0 Å². The van der Waals surface area contributed by atoms with Crippen LogP contribution in [0.3, 0.4) is 0 Å². The standard InChI is InChI=1S/C7H4Cl2.H3N/c8-7(9)5-3-1-2-4-6(5)7;/h1-4H;1H3. The van der Waals surface area contributed by atoms with Gasteiger partial charge in [-0.05, 0) is 11.1 Å². The molecule has 3 heteroatoms. The van der Waals surface area contributed by atoms with E-state index in [0.29, 0.717) is 0 Å². The molecule has 0 spiro atoms. The minimum absolute atomic E-state index is 0. The van der Waals surface area contributed by atoms with E-state index in [9.17, 15) is 0 Å². The number of fused-ring (bicyclic) bond motifs is 1. The zero-order valence-corrected chi connectivity index (χ0v) is 6.78. The molecule has 2 rings (SSSR count). The summed E-state index contributed by atoms with van der Waals surface area (Å²) in [6.45, 7) is 0. The van der Waals surface area contributed by atoms with Crippen molar-refractivity contribution >= 4 is 23.2 Å². The lowest BCUT2D eigenvalue weighted by atomic mass is 10.4. The Kier molecular flexibility index (Phi) is 1.67. The highest BCUT2D eigenvalue weighted by Crippen LogP contribution is 2.56. The zero-order valence-electron chi connectivity index (χ0n) is 5.27. The minimum Gasteiger partial charge on any atom is -0.344 e. The summed E-state index contributed by atoms with van der Waals surface area (Å²) in [4.78, 5) is 0. The van der Waals surface area contributed by atoms with Gasteiger partial charge in [0, 0.05) is 0 Å². The summed E-state index contributed by atoms with van der Waals surface area (Å²) in [5.74, 6) is 0. The molecule has 0 atom stereocenters. The van der Waals surface area contributed by atoms with E-state index in [1.807, 2.05) is 24.3 Å². The molecule has 10 heavy (non-hydrogen) atoms. The third-order valence-corrected chi connectivity index (χ3v) is 2.36. The van der Waals surface area contributed by atoms with Crippen LogP contribution >= 0.6 is 23.2 Å². The second-order valence-corrected chi connectivity index (χ2v) is 3.45. The minimum atomic E-state index is -0.649. The predicted molar refractivity (Wildman–Crippen MR) is 44.0 cm³/mol. The fourth-order valence-corrected chi connectivity index (χ4v) is 1.53. The largest absolute Gasteiger partial charge is 0.344 e. The molecule has 0 fully saturated rings. The normalized spacial score (nSPS) is 17.0. The summed E-state index contributed by atoms with van der Waals surface area (Å²) in [5.41, 5.74) is 2.10. The van der Waals surface area contributed by atoms with E-state index in [-0.39, 0.29) is 6.15 Å². The van der Waals surface area contributed by atoms with Crippen molar-refractivity contribution in [3.8, 4) is 0 Å².